The second kappa shape index (κ2) is 14.2. The van der Waals surface area contributed by atoms with E-state index in [9.17, 15) is 0 Å². The molecular weight excluding hydrogens is 577 g/mol. The number of hydrogen-bond donors (Lipinski definition) is 0. The molecule has 0 radical (unpaired) electrons. The minimum Gasteiger partial charge on any atom is -0.0683 e. The molecule has 0 unspecified atom stereocenters. The number of hydrogen-bond acceptors (Lipinski definition) is 0. The van der Waals surface area contributed by atoms with Crippen molar-refractivity contribution in [2.75, 3.05) is 0 Å². The zero-order valence-electron chi connectivity index (χ0n) is 31.2. The van der Waals surface area contributed by atoms with Crippen LogP contribution in [0.1, 0.15) is 69.5 Å². The predicted molar refractivity (Wildman–Crippen MR) is 212 cm³/mol. The Labute approximate surface area is 290 Å². The van der Waals surface area contributed by atoms with E-state index >= 15 is 0 Å². The molecule has 0 aliphatic rings. The second-order valence-corrected chi connectivity index (χ2v) is 13.6. The van der Waals surface area contributed by atoms with Gasteiger partial charge in [-0.25, -0.2) is 0 Å². The smallest absolute Gasteiger partial charge is 0.0125 e. The Morgan fingerprint density at radius 3 is 0.812 bits per heavy atom. The van der Waals surface area contributed by atoms with Crippen molar-refractivity contribution in [3.63, 3.8) is 0 Å². The number of benzene rings is 6. The van der Waals surface area contributed by atoms with Crippen LogP contribution in [0.4, 0.5) is 0 Å². The van der Waals surface area contributed by atoms with Crippen LogP contribution in [0, 0.1) is 69.2 Å². The first-order valence-electron chi connectivity index (χ1n) is 17.5. The first kappa shape index (κ1) is 34.6. The highest BCUT2D eigenvalue weighted by molar-refractivity contribution is 5.85. The van der Waals surface area contributed by atoms with E-state index in [1.165, 1.54) is 111 Å². The summed E-state index contributed by atoms with van der Waals surface area (Å²) in [5.41, 5.74) is 26.2. The maximum atomic E-state index is 2.38. The van der Waals surface area contributed by atoms with E-state index in [2.05, 4.69) is 166 Å². The third kappa shape index (κ3) is 6.81. The fourth-order valence-corrected chi connectivity index (χ4v) is 7.29. The zero-order valence-corrected chi connectivity index (χ0v) is 31.2. The average molecular weight is 629 g/mol. The Morgan fingerprint density at radius 1 is 0.250 bits per heavy atom. The molecule has 0 nitrogen and oxygen atoms in total. The summed E-state index contributed by atoms with van der Waals surface area (Å²) >= 11 is 0. The first-order valence-corrected chi connectivity index (χ1v) is 17.5. The highest BCUT2D eigenvalue weighted by Crippen LogP contribution is 2.39. The van der Waals surface area contributed by atoms with Crippen molar-refractivity contribution in [2.45, 2.75) is 83.1 Å². The van der Waals surface area contributed by atoms with E-state index in [1.807, 2.05) is 13.8 Å². The lowest BCUT2D eigenvalue weighted by Crippen LogP contribution is -1.95. The minimum atomic E-state index is 1.23. The van der Waals surface area contributed by atoms with Crippen LogP contribution in [0.25, 0.3) is 55.6 Å². The van der Waals surface area contributed by atoms with E-state index in [-0.39, 0.29) is 0 Å². The van der Waals surface area contributed by atoms with E-state index in [0.717, 1.165) is 0 Å². The molecule has 6 rings (SSSR count). The molecule has 0 heteroatoms. The highest BCUT2D eigenvalue weighted by Gasteiger charge is 2.15. The Balaban J connectivity index is 0.00000221. The maximum Gasteiger partial charge on any atom is -0.0125 e. The van der Waals surface area contributed by atoms with Gasteiger partial charge in [-0.15, -0.1) is 0 Å². The van der Waals surface area contributed by atoms with E-state index in [1.54, 1.807) is 0 Å². The Kier molecular flexibility index (Phi) is 10.3. The summed E-state index contributed by atoms with van der Waals surface area (Å²) < 4.78 is 0. The molecule has 0 atom stereocenters. The summed E-state index contributed by atoms with van der Waals surface area (Å²) in [7, 11) is 0. The van der Waals surface area contributed by atoms with E-state index < -0.39 is 0 Å². The average Bonchev–Trinajstić information content (AvgIpc) is 3.06. The largest absolute Gasteiger partial charge is 0.0683 e. The molecule has 0 N–H and O–H groups in total. The van der Waals surface area contributed by atoms with Gasteiger partial charge in [0.15, 0.2) is 0 Å². The van der Waals surface area contributed by atoms with Crippen LogP contribution in [0.15, 0.2) is 97.1 Å². The minimum absolute atomic E-state index is 1.23. The lowest BCUT2D eigenvalue weighted by atomic mass is 9.86. The van der Waals surface area contributed by atoms with E-state index in [4.69, 9.17) is 0 Å². The molecule has 244 valence electrons. The van der Waals surface area contributed by atoms with Crippen LogP contribution in [0.3, 0.4) is 0 Å². The van der Waals surface area contributed by atoms with Crippen molar-refractivity contribution in [1.29, 1.82) is 0 Å². The molecule has 0 spiro atoms. The molecule has 0 saturated heterocycles. The van der Waals surface area contributed by atoms with Gasteiger partial charge < -0.3 is 0 Å². The third-order valence-corrected chi connectivity index (χ3v) is 10.2. The summed E-state index contributed by atoms with van der Waals surface area (Å²) in [6, 6.07) is 36.8. The highest BCUT2D eigenvalue weighted by atomic mass is 14.2. The van der Waals surface area contributed by atoms with Crippen LogP contribution >= 0.6 is 0 Å². The van der Waals surface area contributed by atoms with Gasteiger partial charge in [-0.2, -0.15) is 0 Å². The molecule has 0 aliphatic heterocycles. The molecule has 0 aromatic heterocycles. The first-order chi connectivity index (χ1) is 22.9. The van der Waals surface area contributed by atoms with Gasteiger partial charge in [-0.1, -0.05) is 92.7 Å². The van der Waals surface area contributed by atoms with Gasteiger partial charge in [0.25, 0.3) is 0 Å². The van der Waals surface area contributed by atoms with Gasteiger partial charge in [0.2, 0.25) is 0 Å². The Bertz CT molecular complexity index is 1900. The summed E-state index contributed by atoms with van der Waals surface area (Å²) in [5.74, 6) is 0. The standard InChI is InChI=1S/C46H46.C2H6/c1-27-16-43(17-28(2)35(27)9)45-31(5)20-38(21-32(45)6)41-24-40(37-14-12-11-13-15-37)25-42(26-41)39-22-33(7)46(34(8)23-39)44-18-29(3)36(10)30(4)19-44;1-2/h11-26H,1-10H3;1-2H3. The van der Waals surface area contributed by atoms with Gasteiger partial charge in [-0.3, -0.25) is 0 Å². The SMILES string of the molecule is CC.Cc1cc(-c2c(C)cc(-c3cc(-c4ccccc4)cc(-c4cc(C)c(-c5cc(C)c(C)c(C)c5)c(C)c4)c3)cc2C)cc(C)c1C. The summed E-state index contributed by atoms with van der Waals surface area (Å²) in [4.78, 5) is 0. The van der Waals surface area contributed by atoms with Crippen LogP contribution in [-0.4, -0.2) is 0 Å². The summed E-state index contributed by atoms with van der Waals surface area (Å²) in [5, 5.41) is 0. The molecule has 0 saturated carbocycles. The van der Waals surface area contributed by atoms with Gasteiger partial charge >= 0.3 is 0 Å². The monoisotopic (exact) mass is 628 g/mol. The fourth-order valence-electron chi connectivity index (χ4n) is 7.29. The van der Waals surface area contributed by atoms with Crippen molar-refractivity contribution in [2.24, 2.45) is 0 Å². The second-order valence-electron chi connectivity index (χ2n) is 13.6. The Morgan fingerprint density at radius 2 is 0.500 bits per heavy atom. The van der Waals surface area contributed by atoms with Gasteiger partial charge in [0, 0.05) is 0 Å². The van der Waals surface area contributed by atoms with Gasteiger partial charge in [-0.05, 0) is 199 Å². The molecule has 48 heavy (non-hydrogen) atoms. The lowest BCUT2D eigenvalue weighted by molar-refractivity contribution is 1.26. The molecular formula is C48H52. The van der Waals surface area contributed by atoms with Crippen molar-refractivity contribution in [3.8, 4) is 55.6 Å². The molecule has 0 heterocycles. The quantitative estimate of drug-likeness (QED) is 0.178. The van der Waals surface area contributed by atoms with Crippen LogP contribution in [0.5, 0.6) is 0 Å². The third-order valence-electron chi connectivity index (χ3n) is 10.2. The van der Waals surface area contributed by atoms with Crippen molar-refractivity contribution in [3.05, 3.63) is 153 Å². The Hall–Kier alpha value is -4.68. The summed E-state index contributed by atoms with van der Waals surface area (Å²) in [6.07, 6.45) is 0. The van der Waals surface area contributed by atoms with Crippen LogP contribution < -0.4 is 0 Å². The topological polar surface area (TPSA) is 0 Å². The van der Waals surface area contributed by atoms with Crippen LogP contribution in [0.2, 0.25) is 0 Å². The van der Waals surface area contributed by atoms with Gasteiger partial charge in [0.05, 0.1) is 0 Å². The molecule has 0 amide bonds. The maximum absolute atomic E-state index is 2.38. The number of aryl methyl sites for hydroxylation is 8. The molecule has 0 fully saturated rings. The molecule has 0 aliphatic carbocycles. The molecule has 0 bridgehead atoms. The lowest BCUT2D eigenvalue weighted by Gasteiger charge is -2.18. The molecule has 6 aromatic rings. The van der Waals surface area contributed by atoms with Crippen LogP contribution in [-0.2, 0) is 0 Å². The van der Waals surface area contributed by atoms with Crippen molar-refractivity contribution in [1.82, 2.24) is 0 Å². The fraction of sp³-hybridized carbons (Fsp3) is 0.250. The summed E-state index contributed by atoms with van der Waals surface area (Å²) in [6.45, 7) is 26.4. The normalized spacial score (nSPS) is 10.9. The van der Waals surface area contributed by atoms with Gasteiger partial charge in [0.1, 0.15) is 0 Å². The van der Waals surface area contributed by atoms with Crippen molar-refractivity contribution >= 4 is 0 Å². The van der Waals surface area contributed by atoms with E-state index in [0.29, 0.717) is 0 Å². The number of rotatable bonds is 5. The molecule has 6 aromatic carbocycles. The zero-order chi connectivity index (χ0) is 34.9. The van der Waals surface area contributed by atoms with Crippen molar-refractivity contribution < 1.29 is 0 Å². The predicted octanol–water partition coefficient (Wildman–Crippen LogP) is 14.1.